The Morgan fingerprint density at radius 3 is 2.72 bits per heavy atom. The van der Waals surface area contributed by atoms with Crippen molar-refractivity contribution < 1.29 is 13.9 Å². The average Bonchev–Trinajstić information content (AvgIpc) is 2.77. The predicted octanol–water partition coefficient (Wildman–Crippen LogP) is 2.10. The van der Waals surface area contributed by atoms with Crippen molar-refractivity contribution >= 4 is 5.97 Å². The Bertz CT molecular complexity index is 414. The fourth-order valence-electron chi connectivity index (χ4n) is 1.97. The number of esters is 1. The van der Waals surface area contributed by atoms with Gasteiger partial charge in [-0.1, -0.05) is 0 Å². The van der Waals surface area contributed by atoms with Crippen LogP contribution in [0.1, 0.15) is 56.0 Å². The van der Waals surface area contributed by atoms with Crippen LogP contribution in [-0.4, -0.2) is 29.6 Å². The summed E-state index contributed by atoms with van der Waals surface area (Å²) in [5.41, 5.74) is -0.515. The summed E-state index contributed by atoms with van der Waals surface area (Å²) in [5.74, 6) is 0.702. The lowest BCUT2D eigenvalue weighted by atomic mass is 9.98. The van der Waals surface area contributed by atoms with Crippen LogP contribution in [0.15, 0.2) is 10.6 Å². The van der Waals surface area contributed by atoms with Gasteiger partial charge in [0.25, 0.3) is 0 Å². The zero-order valence-electron chi connectivity index (χ0n) is 11.2. The number of oxazole rings is 1. The van der Waals surface area contributed by atoms with Crippen LogP contribution in [0.3, 0.4) is 0 Å². The number of piperidine rings is 1. The third kappa shape index (κ3) is 3.32. The molecule has 0 atom stereocenters. The second-order valence-electron chi connectivity index (χ2n) is 5.59. The molecule has 0 unspecified atom stereocenters. The zero-order chi connectivity index (χ0) is 13.2. The molecule has 5 nitrogen and oxygen atoms in total. The van der Waals surface area contributed by atoms with Crippen molar-refractivity contribution in [1.29, 1.82) is 0 Å². The molecule has 0 spiro atoms. The number of aromatic nitrogens is 1. The molecule has 0 bridgehead atoms. The van der Waals surface area contributed by atoms with Crippen LogP contribution in [0.2, 0.25) is 0 Å². The van der Waals surface area contributed by atoms with Gasteiger partial charge in [0, 0.05) is 5.92 Å². The lowest BCUT2D eigenvalue weighted by molar-refractivity contribution is 0.00336. The molecule has 1 aromatic heterocycles. The summed E-state index contributed by atoms with van der Waals surface area (Å²) in [7, 11) is 0. The van der Waals surface area contributed by atoms with Gasteiger partial charge in [0.2, 0.25) is 5.76 Å². The van der Waals surface area contributed by atoms with Crippen LogP contribution < -0.4 is 5.32 Å². The SMILES string of the molecule is CC(C)(C)OC(=O)c1cnc(C2CCNCC2)o1. The number of hydrogen-bond donors (Lipinski definition) is 1. The number of ether oxygens (including phenoxy) is 1. The molecule has 0 saturated carbocycles. The average molecular weight is 252 g/mol. The third-order valence-electron chi connectivity index (χ3n) is 2.81. The van der Waals surface area contributed by atoms with Crippen molar-refractivity contribution in [3.63, 3.8) is 0 Å². The van der Waals surface area contributed by atoms with E-state index in [4.69, 9.17) is 9.15 Å². The van der Waals surface area contributed by atoms with Gasteiger partial charge < -0.3 is 14.5 Å². The largest absolute Gasteiger partial charge is 0.454 e. The zero-order valence-corrected chi connectivity index (χ0v) is 11.2. The Balaban J connectivity index is 2.03. The highest BCUT2D eigenvalue weighted by Crippen LogP contribution is 2.25. The molecule has 1 N–H and O–H groups in total. The summed E-state index contributed by atoms with van der Waals surface area (Å²) in [6.07, 6.45) is 3.45. The molecule has 0 aromatic carbocycles. The number of rotatable bonds is 2. The van der Waals surface area contributed by atoms with Crippen LogP contribution in [0, 0.1) is 0 Å². The molecule has 5 heteroatoms. The van der Waals surface area contributed by atoms with E-state index in [-0.39, 0.29) is 5.76 Å². The van der Waals surface area contributed by atoms with Gasteiger partial charge in [-0.3, -0.25) is 0 Å². The van der Waals surface area contributed by atoms with E-state index < -0.39 is 11.6 Å². The number of nitrogens with zero attached hydrogens (tertiary/aromatic N) is 1. The highest BCUT2D eigenvalue weighted by atomic mass is 16.6. The Morgan fingerprint density at radius 1 is 1.44 bits per heavy atom. The molecule has 18 heavy (non-hydrogen) atoms. The molecular weight excluding hydrogens is 232 g/mol. The minimum atomic E-state index is -0.515. The Kier molecular flexibility index (Phi) is 3.71. The smallest absolute Gasteiger partial charge is 0.376 e. The highest BCUT2D eigenvalue weighted by Gasteiger charge is 2.24. The third-order valence-corrected chi connectivity index (χ3v) is 2.81. The first-order valence-electron chi connectivity index (χ1n) is 6.35. The Hall–Kier alpha value is -1.36. The monoisotopic (exact) mass is 252 g/mol. The fourth-order valence-corrected chi connectivity index (χ4v) is 1.97. The maximum absolute atomic E-state index is 11.8. The number of carbonyl (C=O) groups excluding carboxylic acids is 1. The van der Waals surface area contributed by atoms with Gasteiger partial charge in [-0.05, 0) is 46.7 Å². The molecule has 0 amide bonds. The van der Waals surface area contributed by atoms with Crippen LogP contribution >= 0.6 is 0 Å². The molecule has 1 aliphatic heterocycles. The van der Waals surface area contributed by atoms with E-state index in [2.05, 4.69) is 10.3 Å². The van der Waals surface area contributed by atoms with Crippen molar-refractivity contribution in [2.75, 3.05) is 13.1 Å². The summed E-state index contributed by atoms with van der Waals surface area (Å²) in [6.45, 7) is 7.42. The van der Waals surface area contributed by atoms with Crippen LogP contribution in [0.5, 0.6) is 0 Å². The molecule has 1 saturated heterocycles. The molecule has 1 aliphatic rings. The van der Waals surface area contributed by atoms with Gasteiger partial charge >= 0.3 is 5.97 Å². The van der Waals surface area contributed by atoms with Crippen molar-refractivity contribution in [3.05, 3.63) is 17.8 Å². The topological polar surface area (TPSA) is 64.4 Å². The van der Waals surface area contributed by atoms with E-state index in [9.17, 15) is 4.79 Å². The number of hydrogen-bond acceptors (Lipinski definition) is 5. The van der Waals surface area contributed by atoms with Gasteiger partial charge in [0.15, 0.2) is 5.89 Å². The summed E-state index contributed by atoms with van der Waals surface area (Å²) in [5, 5.41) is 3.28. The van der Waals surface area contributed by atoms with Crippen molar-refractivity contribution in [2.45, 2.75) is 45.1 Å². The highest BCUT2D eigenvalue weighted by molar-refractivity contribution is 5.86. The van der Waals surface area contributed by atoms with Gasteiger partial charge in [-0.15, -0.1) is 0 Å². The normalized spacial score (nSPS) is 17.7. The first-order valence-corrected chi connectivity index (χ1v) is 6.35. The van der Waals surface area contributed by atoms with E-state index in [0.717, 1.165) is 25.9 Å². The van der Waals surface area contributed by atoms with E-state index in [1.54, 1.807) is 0 Å². The minimum Gasteiger partial charge on any atom is -0.454 e. The number of nitrogens with one attached hydrogen (secondary N) is 1. The van der Waals surface area contributed by atoms with Crippen molar-refractivity contribution in [2.24, 2.45) is 0 Å². The standard InChI is InChI=1S/C13H20N2O3/c1-13(2,3)18-12(16)10-8-15-11(17-10)9-4-6-14-7-5-9/h8-9,14H,4-7H2,1-3H3. The van der Waals surface area contributed by atoms with Gasteiger partial charge in [-0.2, -0.15) is 0 Å². The second kappa shape index (κ2) is 5.10. The Labute approximate surface area is 107 Å². The Morgan fingerprint density at radius 2 is 2.11 bits per heavy atom. The summed E-state index contributed by atoms with van der Waals surface area (Å²) < 4.78 is 10.8. The first kappa shape index (κ1) is 13.1. The molecule has 0 radical (unpaired) electrons. The van der Waals surface area contributed by atoms with E-state index >= 15 is 0 Å². The number of carbonyl (C=O) groups is 1. The summed E-state index contributed by atoms with van der Waals surface area (Å²) >= 11 is 0. The van der Waals surface area contributed by atoms with Crippen LogP contribution in [-0.2, 0) is 4.74 Å². The molecule has 1 fully saturated rings. The first-order chi connectivity index (χ1) is 8.46. The molecular formula is C13H20N2O3. The summed E-state index contributed by atoms with van der Waals surface area (Å²) in [4.78, 5) is 16.0. The van der Waals surface area contributed by atoms with Crippen molar-refractivity contribution in [3.8, 4) is 0 Å². The van der Waals surface area contributed by atoms with E-state index in [1.807, 2.05) is 20.8 Å². The van der Waals surface area contributed by atoms with E-state index in [0.29, 0.717) is 11.8 Å². The maximum atomic E-state index is 11.8. The molecule has 100 valence electrons. The quantitative estimate of drug-likeness (QED) is 0.816. The summed E-state index contributed by atoms with van der Waals surface area (Å²) in [6, 6.07) is 0. The second-order valence-corrected chi connectivity index (χ2v) is 5.59. The van der Waals surface area contributed by atoms with Crippen molar-refractivity contribution in [1.82, 2.24) is 10.3 Å². The van der Waals surface area contributed by atoms with Gasteiger partial charge in [0.05, 0.1) is 6.20 Å². The van der Waals surface area contributed by atoms with Gasteiger partial charge in [-0.25, -0.2) is 9.78 Å². The van der Waals surface area contributed by atoms with Crippen LogP contribution in [0.4, 0.5) is 0 Å². The molecule has 2 rings (SSSR count). The molecule has 0 aliphatic carbocycles. The van der Waals surface area contributed by atoms with Gasteiger partial charge in [0.1, 0.15) is 5.60 Å². The molecule has 1 aromatic rings. The van der Waals surface area contributed by atoms with Crippen LogP contribution in [0.25, 0.3) is 0 Å². The van der Waals surface area contributed by atoms with E-state index in [1.165, 1.54) is 6.20 Å². The lowest BCUT2D eigenvalue weighted by Gasteiger charge is -2.19. The lowest BCUT2D eigenvalue weighted by Crippen LogP contribution is -2.26. The fraction of sp³-hybridized carbons (Fsp3) is 0.692. The maximum Gasteiger partial charge on any atom is 0.376 e. The predicted molar refractivity (Wildman–Crippen MR) is 66.5 cm³/mol. The molecule has 2 heterocycles. The minimum absolute atomic E-state index is 0.193.